The number of Topliss-reactive ketones (excluding diaryl/α,β-unsaturated/α-hetero) is 1. The van der Waals surface area contributed by atoms with Gasteiger partial charge in [-0.2, -0.15) is 0 Å². The van der Waals surface area contributed by atoms with Crippen LogP contribution >= 0.6 is 0 Å². The molecule has 0 saturated heterocycles. The summed E-state index contributed by atoms with van der Waals surface area (Å²) in [7, 11) is 0. The van der Waals surface area contributed by atoms with Gasteiger partial charge < -0.3 is 9.64 Å². The van der Waals surface area contributed by atoms with E-state index in [1.165, 1.54) is 0 Å². The Morgan fingerprint density at radius 3 is 1.39 bits per heavy atom. The number of ketones is 1. The van der Waals surface area contributed by atoms with Crippen LogP contribution in [0.1, 0.15) is 34.6 Å². The van der Waals surface area contributed by atoms with E-state index in [1.54, 1.807) is 13.8 Å². The molecule has 0 aliphatic heterocycles. The molecular formula is C47H37NO3. The molecule has 4 nitrogen and oxygen atoms in total. The maximum atomic E-state index is 13.7. The Morgan fingerprint density at radius 2 is 0.902 bits per heavy atom. The number of hydrogen-bond acceptors (Lipinski definition) is 4. The van der Waals surface area contributed by atoms with Crippen molar-refractivity contribution in [3.8, 4) is 44.5 Å². The number of anilines is 3. The first-order chi connectivity index (χ1) is 25.0. The molecule has 0 unspecified atom stereocenters. The molecule has 0 N–H and O–H groups in total. The second-order valence-corrected chi connectivity index (χ2v) is 12.3. The first-order valence-corrected chi connectivity index (χ1v) is 17.1. The van der Waals surface area contributed by atoms with E-state index in [1.807, 2.05) is 97.1 Å². The third-order valence-electron chi connectivity index (χ3n) is 9.02. The summed E-state index contributed by atoms with van der Waals surface area (Å²) in [5.41, 5.74) is 11.1. The smallest absolute Gasteiger partial charge is 0.338 e. The normalized spacial score (nSPS) is 10.8. The van der Waals surface area contributed by atoms with Crippen LogP contribution in [0.3, 0.4) is 0 Å². The van der Waals surface area contributed by atoms with Crippen molar-refractivity contribution in [2.75, 3.05) is 11.5 Å². The van der Waals surface area contributed by atoms with Gasteiger partial charge in [-0.1, -0.05) is 133 Å². The lowest BCUT2D eigenvalue weighted by molar-refractivity contribution is 0.0527. The van der Waals surface area contributed by atoms with Crippen LogP contribution < -0.4 is 4.90 Å². The monoisotopic (exact) mass is 663 g/mol. The molecular weight excluding hydrogens is 627 g/mol. The van der Waals surface area contributed by atoms with Crippen LogP contribution in [0, 0.1) is 0 Å². The lowest BCUT2D eigenvalue weighted by atomic mass is 9.88. The molecule has 7 aromatic carbocycles. The summed E-state index contributed by atoms with van der Waals surface area (Å²) in [6.45, 7) is 3.59. The van der Waals surface area contributed by atoms with Gasteiger partial charge in [-0.3, -0.25) is 4.79 Å². The largest absolute Gasteiger partial charge is 0.462 e. The topological polar surface area (TPSA) is 46.6 Å². The number of carbonyl (C=O) groups is 2. The maximum absolute atomic E-state index is 13.7. The fourth-order valence-electron chi connectivity index (χ4n) is 6.54. The van der Waals surface area contributed by atoms with Gasteiger partial charge in [0.1, 0.15) is 0 Å². The Balaban J connectivity index is 1.43. The van der Waals surface area contributed by atoms with Crippen molar-refractivity contribution in [3.05, 3.63) is 187 Å². The standard InChI is InChI=1S/C47H37NO3/c1-3-51-47(50)45-32-43(38-19-11-6-12-20-38)42(33(2)49)31-44(45)41-21-13-14-22-46(41)48(39-27-23-36(24-28-39)34-15-7-4-8-16-34)40-29-25-37(26-30-40)35-17-9-5-10-18-35/h4-32H,3H2,1-2H3. The van der Waals surface area contributed by atoms with Gasteiger partial charge in [0.25, 0.3) is 0 Å². The van der Waals surface area contributed by atoms with Crippen LogP contribution in [0.25, 0.3) is 44.5 Å². The zero-order valence-electron chi connectivity index (χ0n) is 28.6. The Labute approximate surface area is 299 Å². The molecule has 0 saturated carbocycles. The average molecular weight is 664 g/mol. The van der Waals surface area contributed by atoms with E-state index in [2.05, 4.69) is 83.8 Å². The second kappa shape index (κ2) is 14.9. The third kappa shape index (κ3) is 6.99. The van der Waals surface area contributed by atoms with Gasteiger partial charge in [-0.25, -0.2) is 4.79 Å². The zero-order valence-corrected chi connectivity index (χ0v) is 28.6. The fraction of sp³-hybridized carbons (Fsp3) is 0.0638. The highest BCUT2D eigenvalue weighted by Gasteiger charge is 2.24. The number of para-hydroxylation sites is 1. The van der Waals surface area contributed by atoms with Crippen molar-refractivity contribution in [3.63, 3.8) is 0 Å². The SMILES string of the molecule is CCOC(=O)c1cc(-c2ccccc2)c(C(C)=O)cc1-c1ccccc1N(c1ccc(-c2ccccc2)cc1)c1ccc(-c2ccccc2)cc1. The molecule has 7 rings (SSSR count). The molecule has 0 aromatic heterocycles. The molecule has 0 spiro atoms. The number of ether oxygens (including phenoxy) is 1. The highest BCUT2D eigenvalue weighted by Crippen LogP contribution is 2.44. The Bertz CT molecular complexity index is 2200. The molecule has 0 aliphatic rings. The summed E-state index contributed by atoms with van der Waals surface area (Å²) in [5, 5.41) is 0. The van der Waals surface area contributed by atoms with Gasteiger partial charge in [-0.05, 0) is 95.3 Å². The highest BCUT2D eigenvalue weighted by molar-refractivity contribution is 6.08. The first-order valence-electron chi connectivity index (χ1n) is 17.1. The summed E-state index contributed by atoms with van der Waals surface area (Å²) in [5.74, 6) is -0.534. The summed E-state index contributed by atoms with van der Waals surface area (Å²) in [6.07, 6.45) is 0. The van der Waals surface area contributed by atoms with E-state index < -0.39 is 5.97 Å². The fourth-order valence-corrected chi connectivity index (χ4v) is 6.54. The lowest BCUT2D eigenvalue weighted by Crippen LogP contribution is -2.13. The van der Waals surface area contributed by atoms with E-state index in [4.69, 9.17) is 4.74 Å². The van der Waals surface area contributed by atoms with E-state index in [9.17, 15) is 9.59 Å². The first kappa shape index (κ1) is 33.0. The third-order valence-corrected chi connectivity index (χ3v) is 9.02. The van der Waals surface area contributed by atoms with Gasteiger partial charge in [0.2, 0.25) is 0 Å². The molecule has 0 radical (unpaired) electrons. The minimum atomic E-state index is -0.444. The summed E-state index contributed by atoms with van der Waals surface area (Å²) in [4.78, 5) is 29.2. The van der Waals surface area contributed by atoms with Crippen molar-refractivity contribution in [1.29, 1.82) is 0 Å². The van der Waals surface area contributed by atoms with Crippen molar-refractivity contribution in [2.24, 2.45) is 0 Å². The van der Waals surface area contributed by atoms with Crippen molar-refractivity contribution >= 4 is 28.8 Å². The van der Waals surface area contributed by atoms with Crippen LogP contribution in [0.5, 0.6) is 0 Å². The van der Waals surface area contributed by atoms with Gasteiger partial charge in [0, 0.05) is 22.5 Å². The molecule has 7 aromatic rings. The minimum Gasteiger partial charge on any atom is -0.462 e. The second-order valence-electron chi connectivity index (χ2n) is 12.3. The van der Waals surface area contributed by atoms with Crippen LogP contribution in [0.2, 0.25) is 0 Å². The number of esters is 1. The molecule has 248 valence electrons. The molecule has 0 aliphatic carbocycles. The molecule has 51 heavy (non-hydrogen) atoms. The molecule has 0 bridgehead atoms. The number of carbonyl (C=O) groups excluding carboxylic acids is 2. The molecule has 0 amide bonds. The molecule has 0 fully saturated rings. The van der Waals surface area contributed by atoms with Gasteiger partial charge in [0.05, 0.1) is 17.9 Å². The van der Waals surface area contributed by atoms with Crippen molar-refractivity contribution in [1.82, 2.24) is 0 Å². The van der Waals surface area contributed by atoms with Gasteiger partial charge >= 0.3 is 5.97 Å². The van der Waals surface area contributed by atoms with Crippen LogP contribution in [-0.4, -0.2) is 18.4 Å². The molecule has 0 atom stereocenters. The predicted octanol–water partition coefficient (Wildman–Crippen LogP) is 12.2. The molecule has 0 heterocycles. The minimum absolute atomic E-state index is 0.0900. The van der Waals surface area contributed by atoms with Gasteiger partial charge in [-0.15, -0.1) is 0 Å². The zero-order chi connectivity index (χ0) is 35.2. The summed E-state index contributed by atoms with van der Waals surface area (Å²) >= 11 is 0. The Kier molecular flexibility index (Phi) is 9.66. The van der Waals surface area contributed by atoms with Crippen molar-refractivity contribution < 1.29 is 14.3 Å². The molecule has 4 heteroatoms. The summed E-state index contributed by atoms with van der Waals surface area (Å²) in [6, 6.07) is 59.0. The highest BCUT2D eigenvalue weighted by atomic mass is 16.5. The number of benzene rings is 7. The predicted molar refractivity (Wildman–Crippen MR) is 209 cm³/mol. The summed E-state index contributed by atoms with van der Waals surface area (Å²) < 4.78 is 5.62. The Morgan fingerprint density at radius 1 is 0.471 bits per heavy atom. The van der Waals surface area contributed by atoms with Gasteiger partial charge in [0.15, 0.2) is 5.78 Å². The number of rotatable bonds is 10. The van der Waals surface area contributed by atoms with Crippen molar-refractivity contribution in [2.45, 2.75) is 13.8 Å². The Hall–Kier alpha value is -6.52. The van der Waals surface area contributed by atoms with E-state index in [-0.39, 0.29) is 12.4 Å². The lowest BCUT2D eigenvalue weighted by Gasteiger charge is -2.29. The van der Waals surface area contributed by atoms with Crippen LogP contribution in [-0.2, 0) is 4.74 Å². The quantitative estimate of drug-likeness (QED) is 0.108. The number of hydrogen-bond donors (Lipinski definition) is 0. The average Bonchev–Trinajstić information content (AvgIpc) is 3.19. The van der Waals surface area contributed by atoms with Crippen LogP contribution in [0.4, 0.5) is 17.1 Å². The number of nitrogens with zero attached hydrogens (tertiary/aromatic N) is 1. The van der Waals surface area contributed by atoms with E-state index in [0.29, 0.717) is 22.3 Å². The van der Waals surface area contributed by atoms with Crippen LogP contribution in [0.15, 0.2) is 176 Å². The van der Waals surface area contributed by atoms with E-state index in [0.717, 1.165) is 50.4 Å². The maximum Gasteiger partial charge on any atom is 0.338 e. The van der Waals surface area contributed by atoms with E-state index >= 15 is 0 Å².